The predicted octanol–water partition coefficient (Wildman–Crippen LogP) is 6.01. The van der Waals surface area contributed by atoms with Crippen LogP contribution in [-0.2, 0) is 30.2 Å². The molecule has 2 amide bonds. The van der Waals surface area contributed by atoms with Crippen LogP contribution in [0.15, 0.2) is 48.8 Å². The monoisotopic (exact) mass is 741 g/mol. The van der Waals surface area contributed by atoms with Crippen molar-refractivity contribution in [3.8, 4) is 6.07 Å². The highest BCUT2D eigenvalue weighted by Gasteiger charge is 2.53. The van der Waals surface area contributed by atoms with E-state index in [9.17, 15) is 19.6 Å². The summed E-state index contributed by atoms with van der Waals surface area (Å²) in [4.78, 5) is 55.1. The normalized spacial score (nSPS) is 28.8. The van der Waals surface area contributed by atoms with Crippen molar-refractivity contribution >= 4 is 17.8 Å². The van der Waals surface area contributed by atoms with Gasteiger partial charge < -0.3 is 14.5 Å². The van der Waals surface area contributed by atoms with E-state index < -0.39 is 10.8 Å². The average Bonchev–Trinajstić information content (AvgIpc) is 3.61. The Bertz CT molecular complexity index is 1670. The molecule has 4 aliphatic rings. The Hall–Kier alpha value is -3.88. The summed E-state index contributed by atoms with van der Waals surface area (Å²) in [6.45, 7) is 9.98. The van der Waals surface area contributed by atoms with Crippen molar-refractivity contribution in [2.45, 2.75) is 103 Å². The van der Waals surface area contributed by atoms with Crippen LogP contribution >= 0.6 is 0 Å². The van der Waals surface area contributed by atoms with E-state index in [1.165, 1.54) is 7.11 Å². The molecule has 2 aliphatic heterocycles. The third-order valence-corrected chi connectivity index (χ3v) is 13.3. The number of hydrogen-bond acceptors (Lipinski definition) is 9. The number of hydrogen-bond donors (Lipinski definition) is 0. The fourth-order valence-electron chi connectivity index (χ4n) is 9.78. The van der Waals surface area contributed by atoms with E-state index in [1.807, 2.05) is 68.1 Å². The van der Waals surface area contributed by atoms with Gasteiger partial charge in [0.05, 0.1) is 46.5 Å². The van der Waals surface area contributed by atoms with Crippen LogP contribution in [0.3, 0.4) is 0 Å². The Morgan fingerprint density at radius 2 is 1.15 bits per heavy atom. The van der Waals surface area contributed by atoms with Crippen LogP contribution in [0.1, 0.15) is 103 Å². The number of rotatable bonds is 9. The number of likely N-dealkylation sites (tertiary alicyclic amines) is 2. The van der Waals surface area contributed by atoms with Gasteiger partial charge in [-0.25, -0.2) is 0 Å². The lowest BCUT2D eigenvalue weighted by Gasteiger charge is -2.48. The lowest BCUT2D eigenvalue weighted by Crippen LogP contribution is -2.48. The van der Waals surface area contributed by atoms with Gasteiger partial charge in [-0.2, -0.15) is 5.26 Å². The van der Waals surface area contributed by atoms with Gasteiger partial charge in [0, 0.05) is 51.4 Å². The molecule has 4 fully saturated rings. The van der Waals surface area contributed by atoms with Crippen LogP contribution in [0.5, 0.6) is 0 Å². The van der Waals surface area contributed by atoms with Crippen molar-refractivity contribution < 1.29 is 19.1 Å². The maximum Gasteiger partial charge on any atom is 0.313 e. The molecule has 0 radical (unpaired) electrons. The third-order valence-electron chi connectivity index (χ3n) is 13.3. The second-order valence-electron chi connectivity index (χ2n) is 18.5. The fraction of sp³-hybridized carbons (Fsp3) is 0.674. The van der Waals surface area contributed by atoms with Crippen molar-refractivity contribution in [1.29, 1.82) is 5.26 Å². The molecule has 11 heteroatoms. The Balaban J connectivity index is 0.000000208. The molecule has 6 rings (SSSR count). The minimum atomic E-state index is -0.689. The number of nitrogens with zero attached hydrogens (tertiary/aromatic N) is 7. The SMILES string of the molecule is CN(C)C1(c2ccccn2)CCC2(CC1)CC(=O)N(CC(C)(C)C#N)C2.COC(=O)C(C)(C)CN1CC2(CCC(c3ccccn3)(N(C)C)CC2)CC1=O. The topological polar surface area (TPSA) is 123 Å². The summed E-state index contributed by atoms with van der Waals surface area (Å²) in [5.41, 5.74) is 1.02. The summed E-state index contributed by atoms with van der Waals surface area (Å²) in [6.07, 6.45) is 13.0. The molecule has 54 heavy (non-hydrogen) atoms. The maximum atomic E-state index is 12.8. The van der Waals surface area contributed by atoms with Crippen molar-refractivity contribution in [2.75, 3.05) is 61.5 Å². The number of carbonyl (C=O) groups excluding carboxylic acids is 3. The van der Waals surface area contributed by atoms with Gasteiger partial charge in [0.1, 0.15) is 0 Å². The van der Waals surface area contributed by atoms with Crippen molar-refractivity contribution in [1.82, 2.24) is 29.6 Å². The molecule has 2 spiro atoms. The zero-order valence-corrected chi connectivity index (χ0v) is 34.3. The van der Waals surface area contributed by atoms with Crippen LogP contribution in [0, 0.1) is 33.0 Å². The number of amides is 2. The highest BCUT2D eigenvalue weighted by atomic mass is 16.5. The Morgan fingerprint density at radius 1 is 0.741 bits per heavy atom. The second-order valence-corrected chi connectivity index (χ2v) is 18.5. The number of methoxy groups -OCH3 is 1. The van der Waals surface area contributed by atoms with Gasteiger partial charge >= 0.3 is 5.97 Å². The first-order valence-corrected chi connectivity index (χ1v) is 19.6. The van der Waals surface area contributed by atoms with E-state index in [-0.39, 0.29) is 39.7 Å². The van der Waals surface area contributed by atoms with Crippen LogP contribution < -0.4 is 0 Å². The molecular weight excluding hydrogens is 679 g/mol. The van der Waals surface area contributed by atoms with E-state index >= 15 is 0 Å². The maximum absolute atomic E-state index is 12.8. The van der Waals surface area contributed by atoms with Crippen LogP contribution in [0.25, 0.3) is 0 Å². The Labute approximate surface area is 323 Å². The van der Waals surface area contributed by atoms with Gasteiger partial charge in [0.25, 0.3) is 0 Å². The largest absolute Gasteiger partial charge is 0.469 e. The average molecular weight is 742 g/mol. The van der Waals surface area contributed by atoms with E-state index in [4.69, 9.17) is 4.74 Å². The minimum Gasteiger partial charge on any atom is -0.469 e. The molecule has 0 atom stereocenters. The van der Waals surface area contributed by atoms with Gasteiger partial charge in [-0.1, -0.05) is 12.1 Å². The van der Waals surface area contributed by atoms with Crippen molar-refractivity contribution in [3.05, 3.63) is 60.2 Å². The molecule has 11 nitrogen and oxygen atoms in total. The van der Waals surface area contributed by atoms with Gasteiger partial charge in [-0.15, -0.1) is 0 Å². The smallest absolute Gasteiger partial charge is 0.313 e. The summed E-state index contributed by atoms with van der Waals surface area (Å²) in [6, 6.07) is 14.6. The molecule has 0 bridgehead atoms. The van der Waals surface area contributed by atoms with E-state index in [0.29, 0.717) is 25.9 Å². The Kier molecular flexibility index (Phi) is 12.0. The molecule has 0 aromatic carbocycles. The summed E-state index contributed by atoms with van der Waals surface area (Å²) in [5.74, 6) is 0.0994. The number of aromatic nitrogens is 2. The van der Waals surface area contributed by atoms with E-state index in [2.05, 4.69) is 72.2 Å². The standard InChI is InChI=1S/C22H33N3O3.C21H30N4O/c1-20(2,19(27)28-5)15-25-16-21(14-18(25)26)9-11-22(12-10-21,24(3)4)17-8-6-7-13-23-17;1-19(2,14-22)15-25-16-20(13-18(25)26)8-10-21(11-9-20,24(3)4)17-7-5-6-12-23-17/h6-8,13H,9-12,14-16H2,1-5H3;5-7,12H,8-11,13,15-16H2,1-4H3. The third kappa shape index (κ3) is 8.35. The van der Waals surface area contributed by atoms with Gasteiger partial charge in [0.15, 0.2) is 0 Å². The molecule has 2 aliphatic carbocycles. The minimum absolute atomic E-state index is 0.0115. The molecule has 2 aromatic rings. The first-order chi connectivity index (χ1) is 25.4. The Morgan fingerprint density at radius 3 is 1.48 bits per heavy atom. The number of pyridine rings is 2. The number of nitriles is 1. The van der Waals surface area contributed by atoms with Crippen LogP contribution in [-0.4, -0.2) is 109 Å². The molecule has 0 unspecified atom stereocenters. The number of esters is 1. The molecular formula is C43H63N7O4. The summed E-state index contributed by atoms with van der Waals surface area (Å²) >= 11 is 0. The molecule has 0 N–H and O–H groups in total. The first-order valence-electron chi connectivity index (χ1n) is 19.6. The lowest BCUT2D eigenvalue weighted by molar-refractivity contribution is -0.152. The van der Waals surface area contributed by atoms with Gasteiger partial charge in [-0.3, -0.25) is 34.2 Å². The summed E-state index contributed by atoms with van der Waals surface area (Å²) in [5, 5.41) is 9.30. The summed E-state index contributed by atoms with van der Waals surface area (Å²) < 4.78 is 4.91. The zero-order valence-electron chi connectivity index (χ0n) is 34.3. The van der Waals surface area contributed by atoms with Crippen molar-refractivity contribution in [2.24, 2.45) is 21.7 Å². The summed E-state index contributed by atoms with van der Waals surface area (Å²) in [7, 11) is 9.91. The first kappa shape index (κ1) is 41.3. The number of carbonyl (C=O) groups is 3. The van der Waals surface area contributed by atoms with Gasteiger partial charge in [-0.05, 0) is 142 Å². The van der Waals surface area contributed by atoms with Crippen LogP contribution in [0.2, 0.25) is 0 Å². The van der Waals surface area contributed by atoms with Gasteiger partial charge in [0.2, 0.25) is 11.8 Å². The highest BCUT2D eigenvalue weighted by molar-refractivity contribution is 5.82. The number of ether oxygens (including phenoxy) is 1. The van der Waals surface area contributed by atoms with E-state index in [0.717, 1.165) is 75.8 Å². The molecule has 2 aromatic heterocycles. The van der Waals surface area contributed by atoms with Crippen LogP contribution in [0.4, 0.5) is 0 Å². The second kappa shape index (κ2) is 15.7. The fourth-order valence-corrected chi connectivity index (χ4v) is 9.78. The zero-order chi connectivity index (χ0) is 39.6. The molecule has 2 saturated carbocycles. The highest BCUT2D eigenvalue weighted by Crippen LogP contribution is 2.53. The molecule has 2 saturated heterocycles. The van der Waals surface area contributed by atoms with Crippen molar-refractivity contribution in [3.63, 3.8) is 0 Å². The lowest BCUT2D eigenvalue weighted by atomic mass is 9.65. The molecule has 4 heterocycles. The predicted molar refractivity (Wildman–Crippen MR) is 209 cm³/mol. The molecule has 294 valence electrons. The quantitative estimate of drug-likeness (QED) is 0.285. The van der Waals surface area contributed by atoms with E-state index in [1.54, 1.807) is 0 Å².